The van der Waals surface area contributed by atoms with Crippen LogP contribution in [0.4, 0.5) is 0 Å². The predicted octanol–water partition coefficient (Wildman–Crippen LogP) is 0.201. The van der Waals surface area contributed by atoms with Gasteiger partial charge < -0.3 is 9.88 Å². The summed E-state index contributed by atoms with van der Waals surface area (Å²) in [5.41, 5.74) is 5.15. The third-order valence-corrected chi connectivity index (χ3v) is 6.42. The number of hydrogen-bond acceptors (Lipinski definition) is 5. The second-order valence-corrected chi connectivity index (χ2v) is 7.93. The number of rotatable bonds is 2. The van der Waals surface area contributed by atoms with Crippen LogP contribution in [0.5, 0.6) is 0 Å². The number of likely N-dealkylation sites (tertiary alicyclic amines) is 1. The number of imidazole rings is 1. The predicted molar refractivity (Wildman–Crippen MR) is 102 cm³/mol. The van der Waals surface area contributed by atoms with E-state index in [-0.39, 0.29) is 29.7 Å². The number of hydrogen-bond donors (Lipinski definition) is 2. The number of amides is 1. The van der Waals surface area contributed by atoms with Gasteiger partial charge in [0.1, 0.15) is 0 Å². The minimum Gasteiger partial charge on any atom is -0.342 e. The Morgan fingerprint density at radius 2 is 1.89 bits per heavy atom. The van der Waals surface area contributed by atoms with Crippen LogP contribution in [-0.4, -0.2) is 76.2 Å². The van der Waals surface area contributed by atoms with Crippen LogP contribution in [0.1, 0.15) is 18.9 Å². The Morgan fingerprint density at radius 3 is 2.70 bits per heavy atom. The van der Waals surface area contributed by atoms with Crippen molar-refractivity contribution in [2.75, 3.05) is 39.8 Å². The van der Waals surface area contributed by atoms with Gasteiger partial charge in [-0.1, -0.05) is 12.1 Å². The first-order chi connectivity index (χ1) is 13.1. The fourth-order valence-corrected chi connectivity index (χ4v) is 5.02. The minimum absolute atomic E-state index is 0.00939. The van der Waals surface area contributed by atoms with Crippen molar-refractivity contribution in [3.05, 3.63) is 34.7 Å². The van der Waals surface area contributed by atoms with E-state index in [0.717, 1.165) is 43.5 Å². The zero-order chi connectivity index (χ0) is 18.5. The quantitative estimate of drug-likeness (QED) is 0.790. The van der Waals surface area contributed by atoms with Gasteiger partial charge in [0.25, 0.3) is 0 Å². The molecule has 0 spiro atoms. The maximum Gasteiger partial charge on any atom is 0.326 e. The fourth-order valence-electron chi connectivity index (χ4n) is 5.02. The lowest BCUT2D eigenvalue weighted by Crippen LogP contribution is -2.48. The second-order valence-electron chi connectivity index (χ2n) is 7.93. The number of fused-ring (bicyclic) bond motifs is 2. The van der Waals surface area contributed by atoms with Gasteiger partial charge in [-0.05, 0) is 32.0 Å². The summed E-state index contributed by atoms with van der Waals surface area (Å²) in [5.74, 6) is 0.235. The van der Waals surface area contributed by atoms with Crippen LogP contribution >= 0.6 is 0 Å². The third kappa shape index (κ3) is 2.70. The third-order valence-electron chi connectivity index (χ3n) is 6.42. The lowest BCUT2D eigenvalue weighted by molar-refractivity contribution is -0.138. The van der Waals surface area contributed by atoms with Gasteiger partial charge in [-0.3, -0.25) is 19.7 Å². The Kier molecular flexibility index (Phi) is 4.07. The number of hydrazine groups is 1. The van der Waals surface area contributed by atoms with E-state index < -0.39 is 0 Å². The van der Waals surface area contributed by atoms with Gasteiger partial charge in [-0.25, -0.2) is 9.80 Å². The molecule has 0 bridgehead atoms. The van der Waals surface area contributed by atoms with Gasteiger partial charge in [0.05, 0.1) is 23.1 Å². The molecule has 27 heavy (non-hydrogen) atoms. The maximum absolute atomic E-state index is 13.1. The molecule has 2 aromatic rings. The lowest BCUT2D eigenvalue weighted by atomic mass is 10.00. The summed E-state index contributed by atoms with van der Waals surface area (Å²) >= 11 is 0. The molecule has 1 aromatic heterocycles. The Labute approximate surface area is 157 Å². The molecule has 2 N–H and O–H groups in total. The smallest absolute Gasteiger partial charge is 0.326 e. The van der Waals surface area contributed by atoms with Crippen molar-refractivity contribution in [3.63, 3.8) is 0 Å². The van der Waals surface area contributed by atoms with E-state index in [1.807, 2.05) is 33.7 Å². The fraction of sp³-hybridized carbons (Fsp3) is 0.579. The van der Waals surface area contributed by atoms with Crippen LogP contribution in [0, 0.1) is 5.92 Å². The Morgan fingerprint density at radius 1 is 1.11 bits per heavy atom. The molecule has 3 aliphatic rings. The summed E-state index contributed by atoms with van der Waals surface area (Å²) in [6.45, 7) is 4.10. The van der Waals surface area contributed by atoms with Crippen LogP contribution in [0.2, 0.25) is 0 Å². The topological polar surface area (TPSA) is 76.6 Å². The summed E-state index contributed by atoms with van der Waals surface area (Å²) < 4.78 is 1.88. The zero-order valence-electron chi connectivity index (χ0n) is 15.6. The highest BCUT2D eigenvalue weighted by Gasteiger charge is 2.46. The normalized spacial score (nSPS) is 27.5. The largest absolute Gasteiger partial charge is 0.342 e. The van der Waals surface area contributed by atoms with Gasteiger partial charge in [0.15, 0.2) is 0 Å². The van der Waals surface area contributed by atoms with Gasteiger partial charge in [-0.2, -0.15) is 0 Å². The van der Waals surface area contributed by atoms with Gasteiger partial charge >= 0.3 is 5.69 Å². The van der Waals surface area contributed by atoms with Crippen LogP contribution in [-0.2, 0) is 4.79 Å². The molecule has 0 radical (unpaired) electrons. The highest BCUT2D eigenvalue weighted by Crippen LogP contribution is 2.29. The van der Waals surface area contributed by atoms with E-state index in [2.05, 4.69) is 27.4 Å². The molecule has 1 aromatic carbocycles. The number of aromatic nitrogens is 2. The molecule has 3 fully saturated rings. The van der Waals surface area contributed by atoms with Gasteiger partial charge in [0, 0.05) is 38.8 Å². The van der Waals surface area contributed by atoms with Crippen LogP contribution in [0.25, 0.3) is 11.0 Å². The van der Waals surface area contributed by atoms with Crippen LogP contribution < -0.4 is 11.1 Å². The number of carbonyl (C=O) groups is 1. The van der Waals surface area contributed by atoms with Crippen molar-refractivity contribution in [2.45, 2.75) is 25.0 Å². The summed E-state index contributed by atoms with van der Waals surface area (Å²) in [6.07, 6.45) is 1.81. The zero-order valence-corrected chi connectivity index (χ0v) is 15.6. The Balaban J connectivity index is 1.30. The first-order valence-corrected chi connectivity index (χ1v) is 9.82. The van der Waals surface area contributed by atoms with E-state index in [0.29, 0.717) is 13.1 Å². The molecule has 3 saturated heterocycles. The van der Waals surface area contributed by atoms with E-state index in [1.54, 1.807) is 0 Å². The molecule has 8 heteroatoms. The first kappa shape index (κ1) is 17.0. The Bertz CT molecular complexity index is 912. The molecule has 3 aliphatic heterocycles. The monoisotopic (exact) mass is 370 g/mol. The van der Waals surface area contributed by atoms with Gasteiger partial charge in [0.2, 0.25) is 5.91 Å². The van der Waals surface area contributed by atoms with E-state index >= 15 is 0 Å². The number of likely N-dealkylation sites (N-methyl/N-ethyl adjacent to an activating group) is 1. The average molecular weight is 370 g/mol. The molecule has 4 heterocycles. The summed E-state index contributed by atoms with van der Waals surface area (Å²) in [7, 11) is 2.09. The highest BCUT2D eigenvalue weighted by atomic mass is 16.2. The SMILES string of the molecule is CN1CCN2NCC(C(=O)N3CCC(n4c(=O)[nH]c5ccccc54)CC3)C12. The van der Waals surface area contributed by atoms with E-state index in [1.165, 1.54) is 0 Å². The van der Waals surface area contributed by atoms with Gasteiger partial charge in [-0.15, -0.1) is 0 Å². The van der Waals surface area contributed by atoms with Crippen molar-refractivity contribution in [1.82, 2.24) is 29.8 Å². The standard InChI is InChI=1S/C19H26N6O2/c1-22-10-11-24-17(22)14(12-20-24)18(26)23-8-6-13(7-9-23)25-16-5-3-2-4-15(16)21-19(25)27/h2-5,13-14,17,20H,6-12H2,1H3,(H,21,27). The maximum atomic E-state index is 13.1. The second kappa shape index (κ2) is 6.47. The molecule has 2 atom stereocenters. The van der Waals surface area contributed by atoms with Crippen molar-refractivity contribution in [2.24, 2.45) is 5.92 Å². The van der Waals surface area contributed by atoms with Crippen molar-refractivity contribution in [3.8, 4) is 0 Å². The molecule has 0 aliphatic carbocycles. The van der Waals surface area contributed by atoms with Crippen molar-refractivity contribution >= 4 is 16.9 Å². The molecule has 0 saturated carbocycles. The van der Waals surface area contributed by atoms with E-state index in [4.69, 9.17) is 0 Å². The first-order valence-electron chi connectivity index (χ1n) is 9.82. The molecule has 2 unspecified atom stereocenters. The summed E-state index contributed by atoms with van der Waals surface area (Å²) in [4.78, 5) is 32.8. The van der Waals surface area contributed by atoms with Crippen molar-refractivity contribution < 1.29 is 4.79 Å². The lowest BCUT2D eigenvalue weighted by Gasteiger charge is -2.35. The number of piperidine rings is 1. The Hall–Kier alpha value is -2.16. The summed E-state index contributed by atoms with van der Waals surface area (Å²) in [5, 5.41) is 2.20. The molecule has 8 nitrogen and oxygen atoms in total. The van der Waals surface area contributed by atoms with Crippen LogP contribution in [0.3, 0.4) is 0 Å². The number of carbonyl (C=O) groups excluding carboxylic acids is 1. The number of nitrogens with one attached hydrogen (secondary N) is 2. The highest BCUT2D eigenvalue weighted by molar-refractivity contribution is 5.80. The van der Waals surface area contributed by atoms with Crippen molar-refractivity contribution in [1.29, 1.82) is 0 Å². The number of benzene rings is 1. The summed E-state index contributed by atoms with van der Waals surface area (Å²) in [6, 6.07) is 7.96. The average Bonchev–Trinajstić information content (AvgIpc) is 3.35. The minimum atomic E-state index is -0.0517. The van der Waals surface area contributed by atoms with E-state index in [9.17, 15) is 9.59 Å². The molecule has 5 rings (SSSR count). The molecule has 1 amide bonds. The number of nitrogens with zero attached hydrogens (tertiary/aromatic N) is 4. The number of para-hydroxylation sites is 2. The molecule has 144 valence electrons. The number of H-pyrrole nitrogens is 1. The molecular weight excluding hydrogens is 344 g/mol. The van der Waals surface area contributed by atoms with Crippen LogP contribution in [0.15, 0.2) is 29.1 Å². The molecular formula is C19H26N6O2. The number of aromatic amines is 1.